The van der Waals surface area contributed by atoms with E-state index >= 15 is 0 Å². The van der Waals surface area contributed by atoms with Crippen molar-refractivity contribution >= 4 is 17.6 Å². The zero-order valence-electron chi connectivity index (χ0n) is 12.9. The van der Waals surface area contributed by atoms with Gasteiger partial charge in [-0.2, -0.15) is 0 Å². The van der Waals surface area contributed by atoms with Crippen molar-refractivity contribution < 1.29 is 9.90 Å². The first-order valence-electron chi connectivity index (χ1n) is 7.52. The molecule has 8 nitrogen and oxygen atoms in total. The van der Waals surface area contributed by atoms with Crippen LogP contribution >= 0.6 is 0 Å². The Labute approximate surface area is 138 Å². The maximum atomic E-state index is 10.4. The molecule has 0 fully saturated rings. The molecule has 8 heteroatoms. The lowest BCUT2D eigenvalue weighted by Crippen LogP contribution is -2.27. The summed E-state index contributed by atoms with van der Waals surface area (Å²) in [7, 11) is 0. The second kappa shape index (κ2) is 6.97. The molecule has 0 unspecified atom stereocenters. The third-order valence-electron chi connectivity index (χ3n) is 3.56. The normalized spacial score (nSPS) is 10.7. The minimum Gasteiger partial charge on any atom is -0.465 e. The van der Waals surface area contributed by atoms with Crippen LogP contribution in [0.15, 0.2) is 42.6 Å². The highest BCUT2D eigenvalue weighted by molar-refractivity contribution is 5.65. The predicted octanol–water partition coefficient (Wildman–Crippen LogP) is 1.53. The van der Waals surface area contributed by atoms with Crippen LogP contribution in [-0.4, -0.2) is 38.9 Å². The number of nitrogens with two attached hydrogens (primary N) is 1. The van der Waals surface area contributed by atoms with Gasteiger partial charge in [0.1, 0.15) is 5.82 Å². The highest BCUT2D eigenvalue weighted by Gasteiger charge is 2.08. The fourth-order valence-corrected chi connectivity index (χ4v) is 2.34. The van der Waals surface area contributed by atoms with E-state index < -0.39 is 6.09 Å². The number of carboxylic acid groups (broad SMARTS) is 1. The lowest BCUT2D eigenvalue weighted by molar-refractivity contribution is 0.195. The zero-order valence-corrected chi connectivity index (χ0v) is 12.9. The van der Waals surface area contributed by atoms with Crippen molar-refractivity contribution in [1.82, 2.24) is 19.9 Å². The molecule has 0 saturated heterocycles. The largest absolute Gasteiger partial charge is 0.465 e. The van der Waals surface area contributed by atoms with Gasteiger partial charge in [-0.25, -0.2) is 14.3 Å². The second-order valence-corrected chi connectivity index (χ2v) is 5.19. The third kappa shape index (κ3) is 3.44. The SMILES string of the molecule is NCc1ccc(-c2cnc3ccc(NCCNC(=O)O)nn23)cc1. The monoisotopic (exact) mass is 326 g/mol. The molecule has 0 atom stereocenters. The van der Waals surface area contributed by atoms with Gasteiger partial charge in [0.25, 0.3) is 0 Å². The minimum absolute atomic E-state index is 0.298. The number of aromatic nitrogens is 3. The lowest BCUT2D eigenvalue weighted by atomic mass is 10.1. The number of hydrogen-bond donors (Lipinski definition) is 4. The fraction of sp³-hybridized carbons (Fsp3) is 0.188. The topological polar surface area (TPSA) is 118 Å². The summed E-state index contributed by atoms with van der Waals surface area (Å²) in [5, 5.41) is 18.4. The number of rotatable bonds is 6. The van der Waals surface area contributed by atoms with Crippen molar-refractivity contribution in [2.75, 3.05) is 18.4 Å². The van der Waals surface area contributed by atoms with Crippen molar-refractivity contribution in [3.05, 3.63) is 48.2 Å². The summed E-state index contributed by atoms with van der Waals surface area (Å²) in [6.07, 6.45) is 0.730. The number of amides is 1. The van der Waals surface area contributed by atoms with E-state index in [0.29, 0.717) is 25.5 Å². The highest BCUT2D eigenvalue weighted by Crippen LogP contribution is 2.21. The molecule has 1 amide bonds. The summed E-state index contributed by atoms with van der Waals surface area (Å²) in [6.45, 7) is 1.25. The highest BCUT2D eigenvalue weighted by atomic mass is 16.4. The van der Waals surface area contributed by atoms with Crippen LogP contribution < -0.4 is 16.4 Å². The molecule has 0 spiro atoms. The van der Waals surface area contributed by atoms with Crippen LogP contribution in [0.3, 0.4) is 0 Å². The van der Waals surface area contributed by atoms with E-state index in [1.165, 1.54) is 0 Å². The summed E-state index contributed by atoms with van der Waals surface area (Å²) < 4.78 is 1.75. The Balaban J connectivity index is 1.81. The molecule has 0 aliphatic rings. The summed E-state index contributed by atoms with van der Waals surface area (Å²) in [5.41, 5.74) is 9.30. The number of hydrogen-bond acceptors (Lipinski definition) is 5. The Morgan fingerprint density at radius 3 is 2.67 bits per heavy atom. The van der Waals surface area contributed by atoms with Crippen molar-refractivity contribution in [3.63, 3.8) is 0 Å². The molecule has 3 rings (SSSR count). The van der Waals surface area contributed by atoms with Gasteiger partial charge in [-0.1, -0.05) is 24.3 Å². The van der Waals surface area contributed by atoms with E-state index in [1.807, 2.05) is 36.4 Å². The summed E-state index contributed by atoms with van der Waals surface area (Å²) >= 11 is 0. The summed E-state index contributed by atoms with van der Waals surface area (Å²) in [6, 6.07) is 11.6. The smallest absolute Gasteiger partial charge is 0.404 e. The fourth-order valence-electron chi connectivity index (χ4n) is 2.34. The Morgan fingerprint density at radius 2 is 1.96 bits per heavy atom. The van der Waals surface area contributed by atoms with Crippen molar-refractivity contribution in [2.45, 2.75) is 6.54 Å². The van der Waals surface area contributed by atoms with Crippen LogP contribution in [0.25, 0.3) is 16.9 Å². The quantitative estimate of drug-likeness (QED) is 0.510. The van der Waals surface area contributed by atoms with Gasteiger partial charge in [-0.05, 0) is 17.7 Å². The van der Waals surface area contributed by atoms with E-state index in [2.05, 4.69) is 20.7 Å². The molecule has 24 heavy (non-hydrogen) atoms. The molecule has 0 aliphatic heterocycles. The van der Waals surface area contributed by atoms with E-state index in [-0.39, 0.29) is 0 Å². The van der Waals surface area contributed by atoms with Gasteiger partial charge in [0.05, 0.1) is 11.9 Å². The molecule has 2 heterocycles. The molecule has 3 aromatic rings. The van der Waals surface area contributed by atoms with Crippen LogP contribution in [0.1, 0.15) is 5.56 Å². The van der Waals surface area contributed by atoms with Gasteiger partial charge >= 0.3 is 6.09 Å². The lowest BCUT2D eigenvalue weighted by Gasteiger charge is -2.07. The van der Waals surface area contributed by atoms with E-state index in [0.717, 1.165) is 22.5 Å². The number of benzene rings is 1. The molecule has 2 aromatic heterocycles. The Hall–Kier alpha value is -3.13. The molecule has 0 aliphatic carbocycles. The average molecular weight is 326 g/mol. The molecular formula is C16H18N6O2. The van der Waals surface area contributed by atoms with Crippen LogP contribution in [0, 0.1) is 0 Å². The van der Waals surface area contributed by atoms with Gasteiger partial charge in [-0.3, -0.25) is 0 Å². The molecule has 1 aromatic carbocycles. The van der Waals surface area contributed by atoms with Crippen molar-refractivity contribution in [2.24, 2.45) is 5.73 Å². The number of nitrogens with zero attached hydrogens (tertiary/aromatic N) is 3. The first kappa shape index (κ1) is 15.8. The second-order valence-electron chi connectivity index (χ2n) is 5.19. The average Bonchev–Trinajstić information content (AvgIpc) is 3.02. The standard InChI is InChI=1S/C16H18N6O2/c17-9-11-1-3-12(4-2-11)13-10-20-15-6-5-14(21-22(13)15)18-7-8-19-16(23)24/h1-6,10,19H,7-9,17H2,(H,18,21)(H,23,24). The summed E-state index contributed by atoms with van der Waals surface area (Å²) in [4.78, 5) is 14.8. The van der Waals surface area contributed by atoms with Gasteiger partial charge < -0.3 is 21.5 Å². The number of nitrogens with one attached hydrogen (secondary N) is 2. The van der Waals surface area contributed by atoms with Crippen molar-refractivity contribution in [1.29, 1.82) is 0 Å². The summed E-state index contributed by atoms with van der Waals surface area (Å²) in [5.74, 6) is 0.646. The number of fused-ring (bicyclic) bond motifs is 1. The maximum Gasteiger partial charge on any atom is 0.404 e. The number of imidazole rings is 1. The predicted molar refractivity (Wildman–Crippen MR) is 90.8 cm³/mol. The Bertz CT molecular complexity index is 843. The van der Waals surface area contributed by atoms with Gasteiger partial charge in [0.15, 0.2) is 5.65 Å². The molecule has 124 valence electrons. The van der Waals surface area contributed by atoms with E-state index in [9.17, 15) is 4.79 Å². The molecule has 0 radical (unpaired) electrons. The maximum absolute atomic E-state index is 10.4. The Morgan fingerprint density at radius 1 is 1.17 bits per heavy atom. The Kier molecular flexibility index (Phi) is 4.57. The van der Waals surface area contributed by atoms with Crippen LogP contribution in [0.2, 0.25) is 0 Å². The minimum atomic E-state index is -1.04. The van der Waals surface area contributed by atoms with Gasteiger partial charge in [-0.15, -0.1) is 5.10 Å². The van der Waals surface area contributed by atoms with Crippen LogP contribution in [0.5, 0.6) is 0 Å². The van der Waals surface area contributed by atoms with Crippen LogP contribution in [0.4, 0.5) is 10.6 Å². The van der Waals surface area contributed by atoms with Crippen molar-refractivity contribution in [3.8, 4) is 11.3 Å². The van der Waals surface area contributed by atoms with Gasteiger partial charge in [0.2, 0.25) is 0 Å². The zero-order chi connectivity index (χ0) is 16.9. The molecule has 0 saturated carbocycles. The first-order valence-corrected chi connectivity index (χ1v) is 7.52. The molecular weight excluding hydrogens is 308 g/mol. The number of carbonyl (C=O) groups is 1. The van der Waals surface area contributed by atoms with Gasteiger partial charge in [0, 0.05) is 25.2 Å². The van der Waals surface area contributed by atoms with E-state index in [1.54, 1.807) is 10.7 Å². The molecule has 5 N–H and O–H groups in total. The third-order valence-corrected chi connectivity index (χ3v) is 3.56. The molecule has 0 bridgehead atoms. The van der Waals surface area contributed by atoms with E-state index in [4.69, 9.17) is 10.8 Å². The first-order chi connectivity index (χ1) is 11.7. The van der Waals surface area contributed by atoms with Crippen LogP contribution in [-0.2, 0) is 6.54 Å². The number of anilines is 1.